The molecule has 0 radical (unpaired) electrons. The maximum Gasteiger partial charge on any atom is 0.341 e. The molecule has 1 atom stereocenters. The summed E-state index contributed by atoms with van der Waals surface area (Å²) in [6, 6.07) is 3.29. The molecule has 1 fully saturated rings. The summed E-state index contributed by atoms with van der Waals surface area (Å²) >= 11 is 2.57. The second-order valence-electron chi connectivity index (χ2n) is 10.3. The van der Waals surface area contributed by atoms with Gasteiger partial charge in [-0.1, -0.05) is 6.07 Å². The van der Waals surface area contributed by atoms with Gasteiger partial charge in [0.2, 0.25) is 5.91 Å². The number of esters is 1. The highest BCUT2D eigenvalue weighted by Crippen LogP contribution is 2.45. The van der Waals surface area contributed by atoms with Gasteiger partial charge in [0.1, 0.15) is 9.21 Å². The normalized spacial score (nSPS) is 21.8. The van der Waals surface area contributed by atoms with Crippen LogP contribution in [0.5, 0.6) is 0 Å². The van der Waals surface area contributed by atoms with Gasteiger partial charge in [-0.05, 0) is 70.9 Å². The van der Waals surface area contributed by atoms with E-state index in [9.17, 15) is 18.0 Å². The van der Waals surface area contributed by atoms with Gasteiger partial charge in [0.25, 0.3) is 10.0 Å². The van der Waals surface area contributed by atoms with E-state index in [4.69, 9.17) is 4.74 Å². The van der Waals surface area contributed by atoms with E-state index in [1.807, 2.05) is 0 Å². The van der Waals surface area contributed by atoms with Crippen LogP contribution in [0.15, 0.2) is 21.7 Å². The number of sulfonamides is 1. The van der Waals surface area contributed by atoms with Gasteiger partial charge in [-0.25, -0.2) is 13.2 Å². The number of carbonyl (C=O) groups is 2. The predicted octanol–water partition coefficient (Wildman–Crippen LogP) is 4.19. The number of fused-ring (bicyclic) bond motifs is 1. The number of thiophene rings is 2. The highest BCUT2D eigenvalue weighted by molar-refractivity contribution is 7.91. The highest BCUT2D eigenvalue weighted by Gasteiger charge is 2.42. The first kappa shape index (κ1) is 26.3. The Labute approximate surface area is 215 Å². The van der Waals surface area contributed by atoms with E-state index < -0.39 is 21.9 Å². The van der Waals surface area contributed by atoms with Gasteiger partial charge >= 0.3 is 5.97 Å². The summed E-state index contributed by atoms with van der Waals surface area (Å²) in [5.41, 5.74) is 0.701. The van der Waals surface area contributed by atoms with Crippen LogP contribution in [0.3, 0.4) is 0 Å². The summed E-state index contributed by atoms with van der Waals surface area (Å²) in [5.74, 6) is -1.22. The molecule has 11 heteroatoms. The van der Waals surface area contributed by atoms with Crippen molar-refractivity contribution in [3.63, 3.8) is 0 Å². The summed E-state index contributed by atoms with van der Waals surface area (Å²) < 4.78 is 33.0. The third-order valence-corrected chi connectivity index (χ3v) is 11.1. The van der Waals surface area contributed by atoms with Gasteiger partial charge in [-0.3, -0.25) is 4.79 Å². The Morgan fingerprint density at radius 3 is 2.69 bits per heavy atom. The number of hydrogen-bond donors (Lipinski definition) is 2. The van der Waals surface area contributed by atoms with Crippen LogP contribution in [0.1, 0.15) is 68.3 Å². The Morgan fingerprint density at radius 2 is 2.03 bits per heavy atom. The third-order valence-electron chi connectivity index (χ3n) is 6.40. The summed E-state index contributed by atoms with van der Waals surface area (Å²) in [4.78, 5) is 27.4. The van der Waals surface area contributed by atoms with Crippen molar-refractivity contribution < 1.29 is 22.7 Å². The Balaban J connectivity index is 1.62. The predicted molar refractivity (Wildman–Crippen MR) is 139 cm³/mol. The van der Waals surface area contributed by atoms with E-state index >= 15 is 0 Å². The Hall–Kier alpha value is -1.79. The summed E-state index contributed by atoms with van der Waals surface area (Å²) in [6.07, 6.45) is 1.81. The number of piperidine rings is 1. The molecular weight excluding hydrogens is 506 g/mol. The lowest BCUT2D eigenvalue weighted by atomic mass is 9.81. The molecule has 4 rings (SSSR count). The lowest BCUT2D eigenvalue weighted by Crippen LogP contribution is -2.55. The van der Waals surface area contributed by atoms with Gasteiger partial charge in [0, 0.05) is 29.0 Å². The van der Waals surface area contributed by atoms with E-state index in [-0.39, 0.29) is 34.3 Å². The van der Waals surface area contributed by atoms with Gasteiger partial charge in [-0.15, -0.1) is 22.7 Å². The first-order valence-corrected chi connectivity index (χ1v) is 15.0. The molecule has 0 saturated carbocycles. The summed E-state index contributed by atoms with van der Waals surface area (Å²) in [5, 5.41) is 8.81. The van der Waals surface area contributed by atoms with Crippen molar-refractivity contribution in [2.24, 2.45) is 5.92 Å². The number of nitrogens with zero attached hydrogens (tertiary/aromatic N) is 1. The largest absolute Gasteiger partial charge is 0.462 e. The maximum absolute atomic E-state index is 13.4. The fraction of sp³-hybridized carbons (Fsp3) is 0.583. The molecule has 8 nitrogen and oxygen atoms in total. The number of ether oxygens (including phenoxy) is 1. The number of amides is 1. The molecule has 2 aromatic rings. The SMILES string of the molecule is CCOC(=O)c1c(NC(=O)C2CCCN(S(=O)(=O)c3cccs3)C2)sc2c1CC(C)(C)NC2(C)C. The zero-order valence-corrected chi connectivity index (χ0v) is 23.2. The van der Waals surface area contributed by atoms with Crippen molar-refractivity contribution >= 4 is 49.6 Å². The molecule has 1 unspecified atom stereocenters. The standard InChI is InChI=1S/C24H33N3O5S3/c1-6-32-22(29)18-16-13-23(2,3)26-24(4,5)19(16)34-21(18)25-20(28)15-9-7-11-27(14-15)35(30,31)17-10-8-12-33-17/h8,10,12,15,26H,6-7,9,11,13-14H2,1-5H3,(H,25,28). The molecule has 1 saturated heterocycles. The molecule has 2 aromatic heterocycles. The van der Waals surface area contributed by atoms with Crippen molar-refractivity contribution in [3.8, 4) is 0 Å². The molecule has 35 heavy (non-hydrogen) atoms. The van der Waals surface area contributed by atoms with Crippen LogP contribution in [0.2, 0.25) is 0 Å². The average molecular weight is 540 g/mol. The minimum absolute atomic E-state index is 0.117. The van der Waals surface area contributed by atoms with Crippen LogP contribution in [0.4, 0.5) is 5.00 Å². The van der Waals surface area contributed by atoms with Crippen molar-refractivity contribution in [3.05, 3.63) is 33.5 Å². The van der Waals surface area contributed by atoms with E-state index in [1.54, 1.807) is 24.4 Å². The summed E-state index contributed by atoms with van der Waals surface area (Å²) in [7, 11) is -3.63. The maximum atomic E-state index is 13.4. The van der Waals surface area contributed by atoms with Crippen LogP contribution >= 0.6 is 22.7 Å². The van der Waals surface area contributed by atoms with E-state index in [0.717, 1.165) is 10.4 Å². The van der Waals surface area contributed by atoms with Crippen molar-refractivity contribution in [1.82, 2.24) is 9.62 Å². The number of carbonyl (C=O) groups excluding carboxylic acids is 2. The van der Waals surface area contributed by atoms with Crippen LogP contribution < -0.4 is 10.6 Å². The molecule has 2 N–H and O–H groups in total. The van der Waals surface area contributed by atoms with E-state index in [2.05, 4.69) is 38.3 Å². The Bertz CT molecular complexity index is 1220. The second-order valence-corrected chi connectivity index (χ2v) is 14.4. The molecule has 4 heterocycles. The minimum atomic E-state index is -3.63. The molecular formula is C24H33N3O5S3. The smallest absolute Gasteiger partial charge is 0.341 e. The average Bonchev–Trinajstić information content (AvgIpc) is 3.42. The molecule has 192 valence electrons. The summed E-state index contributed by atoms with van der Waals surface area (Å²) in [6.45, 7) is 10.8. The Kier molecular flexibility index (Phi) is 7.20. The molecule has 0 aliphatic carbocycles. The number of hydrogen-bond acceptors (Lipinski definition) is 8. The van der Waals surface area contributed by atoms with Gasteiger partial charge < -0.3 is 15.4 Å². The monoisotopic (exact) mass is 539 g/mol. The zero-order chi connectivity index (χ0) is 25.6. The third kappa shape index (κ3) is 5.20. The van der Waals surface area contributed by atoms with Crippen LogP contribution in [0.25, 0.3) is 0 Å². The first-order chi connectivity index (χ1) is 16.4. The fourth-order valence-electron chi connectivity index (χ4n) is 5.16. The molecule has 1 amide bonds. The highest BCUT2D eigenvalue weighted by atomic mass is 32.2. The first-order valence-electron chi connectivity index (χ1n) is 11.8. The number of rotatable bonds is 6. The lowest BCUT2D eigenvalue weighted by Gasteiger charge is -2.42. The molecule has 0 spiro atoms. The molecule has 0 bridgehead atoms. The van der Waals surface area contributed by atoms with Gasteiger partial charge in [0.05, 0.1) is 18.1 Å². The molecule has 2 aliphatic rings. The van der Waals surface area contributed by atoms with Crippen LogP contribution in [-0.4, -0.2) is 49.8 Å². The van der Waals surface area contributed by atoms with Gasteiger partial charge in [0.15, 0.2) is 0 Å². The number of nitrogens with one attached hydrogen (secondary N) is 2. The van der Waals surface area contributed by atoms with Crippen LogP contribution in [-0.2, 0) is 31.5 Å². The number of anilines is 1. The van der Waals surface area contributed by atoms with E-state index in [0.29, 0.717) is 36.4 Å². The molecule has 0 aromatic carbocycles. The lowest BCUT2D eigenvalue weighted by molar-refractivity contribution is -0.120. The molecule has 2 aliphatic heterocycles. The van der Waals surface area contributed by atoms with Crippen molar-refractivity contribution in [1.29, 1.82) is 0 Å². The fourth-order valence-corrected chi connectivity index (χ4v) is 9.10. The minimum Gasteiger partial charge on any atom is -0.462 e. The zero-order valence-electron chi connectivity index (χ0n) is 20.8. The van der Waals surface area contributed by atoms with Crippen molar-refractivity contribution in [2.45, 2.75) is 69.2 Å². The van der Waals surface area contributed by atoms with Gasteiger partial charge in [-0.2, -0.15) is 4.31 Å². The Morgan fingerprint density at radius 1 is 1.29 bits per heavy atom. The van der Waals surface area contributed by atoms with E-state index in [1.165, 1.54) is 27.0 Å². The van der Waals surface area contributed by atoms with Crippen LogP contribution in [0, 0.1) is 5.92 Å². The quantitative estimate of drug-likeness (QED) is 0.534. The second kappa shape index (κ2) is 9.59. The topological polar surface area (TPSA) is 105 Å². The van der Waals surface area contributed by atoms with Crippen molar-refractivity contribution in [2.75, 3.05) is 25.0 Å².